The maximum absolute atomic E-state index is 13.4. The van der Waals surface area contributed by atoms with E-state index in [1.54, 1.807) is 36.4 Å². The van der Waals surface area contributed by atoms with Crippen LogP contribution in [0.25, 0.3) is 0 Å². The fourth-order valence-corrected chi connectivity index (χ4v) is 5.30. The van der Waals surface area contributed by atoms with Crippen LogP contribution < -0.4 is 19.1 Å². The van der Waals surface area contributed by atoms with E-state index in [0.29, 0.717) is 23.7 Å². The van der Waals surface area contributed by atoms with Gasteiger partial charge in [-0.3, -0.25) is 9.10 Å². The molecule has 2 aromatic carbocycles. The van der Waals surface area contributed by atoms with Gasteiger partial charge in [0.1, 0.15) is 11.5 Å². The summed E-state index contributed by atoms with van der Waals surface area (Å²) in [5.41, 5.74) is 1.62. The highest BCUT2D eigenvalue weighted by Gasteiger charge is 2.37. The molecule has 0 saturated carbocycles. The molecular formula is C23H26N2O5S. The number of nitrogens with one attached hydrogen (secondary N) is 1. The van der Waals surface area contributed by atoms with Crippen molar-refractivity contribution in [1.29, 1.82) is 0 Å². The van der Waals surface area contributed by atoms with Crippen LogP contribution in [-0.2, 0) is 14.8 Å². The van der Waals surface area contributed by atoms with Crippen molar-refractivity contribution in [1.82, 2.24) is 5.32 Å². The number of para-hydroxylation sites is 2. The predicted molar refractivity (Wildman–Crippen MR) is 118 cm³/mol. The van der Waals surface area contributed by atoms with E-state index in [1.165, 1.54) is 35.5 Å². The molecule has 2 aromatic rings. The second-order valence-corrected chi connectivity index (χ2v) is 9.47. The fraction of sp³-hybridized carbons (Fsp3) is 0.348. The summed E-state index contributed by atoms with van der Waals surface area (Å²) in [6.45, 7) is 0.363. The Morgan fingerprint density at radius 1 is 1.16 bits per heavy atom. The van der Waals surface area contributed by atoms with Gasteiger partial charge in [0.2, 0.25) is 0 Å². The van der Waals surface area contributed by atoms with Gasteiger partial charge in [0.15, 0.2) is 6.10 Å². The van der Waals surface area contributed by atoms with Crippen LogP contribution >= 0.6 is 0 Å². The molecule has 4 rings (SSSR count). The summed E-state index contributed by atoms with van der Waals surface area (Å²) in [7, 11) is -2.37. The number of nitrogens with zero attached hydrogens (tertiary/aromatic N) is 1. The molecular weight excluding hydrogens is 416 g/mol. The first-order valence-electron chi connectivity index (χ1n) is 10.4. The number of fused-ring (bicyclic) bond motifs is 1. The van der Waals surface area contributed by atoms with E-state index < -0.39 is 16.1 Å². The van der Waals surface area contributed by atoms with E-state index in [1.807, 2.05) is 0 Å². The number of sulfonamides is 1. The van der Waals surface area contributed by atoms with Crippen molar-refractivity contribution >= 4 is 21.6 Å². The van der Waals surface area contributed by atoms with Gasteiger partial charge in [0, 0.05) is 6.54 Å². The van der Waals surface area contributed by atoms with Crippen LogP contribution in [0.1, 0.15) is 25.7 Å². The van der Waals surface area contributed by atoms with E-state index in [4.69, 9.17) is 9.47 Å². The molecule has 164 valence electrons. The van der Waals surface area contributed by atoms with Gasteiger partial charge < -0.3 is 14.8 Å². The predicted octanol–water partition coefficient (Wildman–Crippen LogP) is 3.27. The van der Waals surface area contributed by atoms with E-state index >= 15 is 0 Å². The fourth-order valence-electron chi connectivity index (χ4n) is 3.82. The third-order valence-corrected chi connectivity index (χ3v) is 7.34. The number of anilines is 1. The number of amides is 1. The van der Waals surface area contributed by atoms with Gasteiger partial charge in [-0.1, -0.05) is 23.8 Å². The third-order valence-electron chi connectivity index (χ3n) is 5.55. The lowest BCUT2D eigenvalue weighted by molar-refractivity contribution is -0.127. The van der Waals surface area contributed by atoms with Gasteiger partial charge in [-0.05, 0) is 62.1 Å². The third kappa shape index (κ3) is 4.54. The minimum absolute atomic E-state index is 0.101. The van der Waals surface area contributed by atoms with Crippen LogP contribution in [0.4, 0.5) is 5.69 Å². The number of hydrogen-bond donors (Lipinski definition) is 1. The van der Waals surface area contributed by atoms with Crippen molar-refractivity contribution in [2.45, 2.75) is 36.7 Å². The molecule has 0 spiro atoms. The Bertz CT molecular complexity index is 1080. The maximum Gasteiger partial charge on any atom is 0.264 e. The molecule has 0 fully saturated rings. The molecule has 0 bridgehead atoms. The summed E-state index contributed by atoms with van der Waals surface area (Å²) < 4.78 is 39.1. The molecule has 1 amide bonds. The standard InChI is InChI=1S/C23H26N2O5S/c1-29-18-11-13-19(14-12-18)31(27,28)25-16-22(30-21-10-6-5-9-20(21)25)23(26)24-15-17-7-3-2-4-8-17/h5-7,9-14,22H,2-4,8,15-16H2,1H3,(H,24,26). The number of rotatable bonds is 6. The summed E-state index contributed by atoms with van der Waals surface area (Å²) in [6, 6.07) is 13.0. The SMILES string of the molecule is COc1ccc(S(=O)(=O)N2CC(C(=O)NCC3=CCCCC3)Oc3ccccc32)cc1. The lowest BCUT2D eigenvalue weighted by Gasteiger charge is -2.34. The number of hydrogen-bond acceptors (Lipinski definition) is 5. The van der Waals surface area contributed by atoms with Crippen molar-refractivity contribution < 1.29 is 22.7 Å². The topological polar surface area (TPSA) is 84.9 Å². The molecule has 8 heteroatoms. The minimum Gasteiger partial charge on any atom is -0.497 e. The van der Waals surface area contributed by atoms with Crippen molar-refractivity contribution in [2.75, 3.05) is 24.5 Å². The van der Waals surface area contributed by atoms with E-state index in [9.17, 15) is 13.2 Å². The lowest BCUT2D eigenvalue weighted by Crippen LogP contribution is -2.51. The minimum atomic E-state index is -3.90. The zero-order chi connectivity index (χ0) is 21.8. The number of carbonyl (C=O) groups excluding carboxylic acids is 1. The average molecular weight is 443 g/mol. The number of carbonyl (C=O) groups is 1. The van der Waals surface area contributed by atoms with Gasteiger partial charge in [0.05, 0.1) is 24.2 Å². The highest BCUT2D eigenvalue weighted by atomic mass is 32.2. The summed E-state index contributed by atoms with van der Waals surface area (Å²) in [6.07, 6.45) is 5.55. The molecule has 1 aliphatic carbocycles. The molecule has 2 aliphatic rings. The summed E-state index contributed by atoms with van der Waals surface area (Å²) in [5.74, 6) is 0.606. The van der Waals surface area contributed by atoms with Crippen LogP contribution in [-0.4, -0.2) is 40.6 Å². The van der Waals surface area contributed by atoms with Crippen LogP contribution in [0, 0.1) is 0 Å². The second-order valence-electron chi connectivity index (χ2n) is 7.61. The number of ether oxygens (including phenoxy) is 2. The maximum atomic E-state index is 13.4. The second kappa shape index (κ2) is 9.01. The smallest absolute Gasteiger partial charge is 0.264 e. The molecule has 1 N–H and O–H groups in total. The summed E-state index contributed by atoms with van der Waals surface area (Å²) >= 11 is 0. The molecule has 0 radical (unpaired) electrons. The first kappa shape index (κ1) is 21.2. The van der Waals surface area contributed by atoms with Crippen molar-refractivity contribution in [3.8, 4) is 11.5 Å². The lowest BCUT2D eigenvalue weighted by atomic mass is 10.00. The molecule has 7 nitrogen and oxygen atoms in total. The van der Waals surface area contributed by atoms with Gasteiger partial charge >= 0.3 is 0 Å². The molecule has 1 unspecified atom stereocenters. The van der Waals surface area contributed by atoms with E-state index in [0.717, 1.165) is 19.3 Å². The normalized spacial score (nSPS) is 18.4. The quantitative estimate of drug-likeness (QED) is 0.694. The molecule has 0 saturated heterocycles. The number of benzene rings is 2. The Morgan fingerprint density at radius 2 is 1.94 bits per heavy atom. The highest BCUT2D eigenvalue weighted by molar-refractivity contribution is 7.92. The van der Waals surface area contributed by atoms with Crippen LogP contribution in [0.5, 0.6) is 11.5 Å². The summed E-state index contributed by atoms with van der Waals surface area (Å²) in [4.78, 5) is 13.0. The van der Waals surface area contributed by atoms with Crippen LogP contribution in [0.15, 0.2) is 65.1 Å². The highest BCUT2D eigenvalue weighted by Crippen LogP contribution is 2.37. The van der Waals surface area contributed by atoms with E-state index in [2.05, 4.69) is 11.4 Å². The Balaban J connectivity index is 1.58. The molecule has 1 aliphatic heterocycles. The van der Waals surface area contributed by atoms with E-state index in [-0.39, 0.29) is 17.3 Å². The molecule has 1 atom stereocenters. The first-order valence-corrected chi connectivity index (χ1v) is 11.8. The van der Waals surface area contributed by atoms with Crippen molar-refractivity contribution in [3.05, 3.63) is 60.2 Å². The Labute approximate surface area is 182 Å². The Kier molecular flexibility index (Phi) is 6.18. The summed E-state index contributed by atoms with van der Waals surface area (Å²) in [5, 5.41) is 2.91. The zero-order valence-electron chi connectivity index (χ0n) is 17.4. The van der Waals surface area contributed by atoms with Gasteiger partial charge in [-0.25, -0.2) is 8.42 Å². The van der Waals surface area contributed by atoms with Gasteiger partial charge in [0.25, 0.3) is 15.9 Å². The van der Waals surface area contributed by atoms with Gasteiger partial charge in [-0.15, -0.1) is 0 Å². The number of allylic oxidation sites excluding steroid dienone is 1. The largest absolute Gasteiger partial charge is 0.497 e. The van der Waals surface area contributed by atoms with Gasteiger partial charge in [-0.2, -0.15) is 0 Å². The average Bonchev–Trinajstić information content (AvgIpc) is 2.82. The molecule has 0 aromatic heterocycles. The van der Waals surface area contributed by atoms with Crippen LogP contribution in [0.3, 0.4) is 0 Å². The zero-order valence-corrected chi connectivity index (χ0v) is 18.2. The van der Waals surface area contributed by atoms with Crippen molar-refractivity contribution in [3.63, 3.8) is 0 Å². The van der Waals surface area contributed by atoms with Crippen molar-refractivity contribution in [2.24, 2.45) is 0 Å². The molecule has 1 heterocycles. The Morgan fingerprint density at radius 3 is 2.65 bits per heavy atom. The van der Waals surface area contributed by atoms with Crippen LogP contribution in [0.2, 0.25) is 0 Å². The Hall–Kier alpha value is -3.00. The monoisotopic (exact) mass is 442 g/mol. The molecule has 31 heavy (non-hydrogen) atoms. The first-order chi connectivity index (χ1) is 15.0. The number of methoxy groups -OCH3 is 1.